The molecule has 0 saturated heterocycles. The van der Waals surface area contributed by atoms with Crippen molar-refractivity contribution >= 4 is 17.4 Å². The number of nitriles is 1. The number of carbonyl (C=O) groups excluding carboxylic acids is 2. The highest BCUT2D eigenvalue weighted by atomic mass is 16.2. The van der Waals surface area contributed by atoms with Gasteiger partial charge in [0.2, 0.25) is 5.78 Å². The minimum absolute atomic E-state index is 0.520. The van der Waals surface area contributed by atoms with E-state index in [0.717, 1.165) is 11.1 Å². The van der Waals surface area contributed by atoms with Crippen molar-refractivity contribution in [2.75, 3.05) is 5.32 Å². The van der Waals surface area contributed by atoms with Crippen molar-refractivity contribution in [3.63, 3.8) is 0 Å². The molecule has 110 valence electrons. The number of amides is 1. The number of anilines is 1. The van der Waals surface area contributed by atoms with E-state index in [-0.39, 0.29) is 0 Å². The average Bonchev–Trinajstić information content (AvgIpc) is 2.52. The Morgan fingerprint density at radius 3 is 2.41 bits per heavy atom. The van der Waals surface area contributed by atoms with Crippen LogP contribution in [0.3, 0.4) is 0 Å². The number of carbonyl (C=O) groups is 2. The van der Waals surface area contributed by atoms with Crippen LogP contribution < -0.4 is 5.32 Å². The molecule has 1 amide bonds. The lowest BCUT2D eigenvalue weighted by Gasteiger charge is -2.11. The second kappa shape index (κ2) is 6.68. The van der Waals surface area contributed by atoms with Gasteiger partial charge < -0.3 is 5.32 Å². The first-order chi connectivity index (χ1) is 10.5. The van der Waals surface area contributed by atoms with E-state index in [1.807, 2.05) is 32.0 Å². The molecule has 4 heteroatoms. The van der Waals surface area contributed by atoms with E-state index in [4.69, 9.17) is 0 Å². The molecule has 0 bridgehead atoms. The molecule has 4 nitrogen and oxygen atoms in total. The number of rotatable bonds is 4. The SMILES string of the molecule is Cc1ccc(C)c(NC(=O)C(=O)C(C#N)c2ccccc2)c1. The molecule has 1 atom stereocenters. The maximum absolute atomic E-state index is 12.2. The maximum Gasteiger partial charge on any atom is 0.293 e. The van der Waals surface area contributed by atoms with Gasteiger partial charge in [-0.15, -0.1) is 0 Å². The molecule has 0 aliphatic heterocycles. The van der Waals surface area contributed by atoms with E-state index in [1.54, 1.807) is 36.4 Å². The predicted molar refractivity (Wildman–Crippen MR) is 84.3 cm³/mol. The zero-order valence-electron chi connectivity index (χ0n) is 12.5. The van der Waals surface area contributed by atoms with Gasteiger partial charge in [-0.25, -0.2) is 0 Å². The van der Waals surface area contributed by atoms with E-state index in [1.165, 1.54) is 0 Å². The molecule has 1 N–H and O–H groups in total. The summed E-state index contributed by atoms with van der Waals surface area (Å²) in [4.78, 5) is 24.4. The van der Waals surface area contributed by atoms with Gasteiger partial charge in [0.15, 0.2) is 0 Å². The zero-order chi connectivity index (χ0) is 16.1. The summed E-state index contributed by atoms with van der Waals surface area (Å²) in [5.41, 5.74) is 2.95. The Balaban J connectivity index is 2.20. The molecule has 2 aromatic rings. The van der Waals surface area contributed by atoms with E-state index in [0.29, 0.717) is 11.3 Å². The van der Waals surface area contributed by atoms with Crippen molar-refractivity contribution in [1.29, 1.82) is 5.26 Å². The van der Waals surface area contributed by atoms with Crippen LogP contribution in [0, 0.1) is 25.2 Å². The lowest BCUT2D eigenvalue weighted by molar-refractivity contribution is -0.135. The van der Waals surface area contributed by atoms with E-state index >= 15 is 0 Å². The van der Waals surface area contributed by atoms with Gasteiger partial charge in [0.25, 0.3) is 5.91 Å². The Morgan fingerprint density at radius 2 is 1.77 bits per heavy atom. The molecule has 0 saturated carbocycles. The summed E-state index contributed by atoms with van der Waals surface area (Å²) in [5.74, 6) is -2.62. The number of hydrogen-bond acceptors (Lipinski definition) is 3. The smallest absolute Gasteiger partial charge is 0.293 e. The lowest BCUT2D eigenvalue weighted by atomic mass is 9.95. The first-order valence-electron chi connectivity index (χ1n) is 6.90. The highest BCUT2D eigenvalue weighted by Crippen LogP contribution is 2.19. The number of nitrogens with zero attached hydrogens (tertiary/aromatic N) is 1. The fourth-order valence-electron chi connectivity index (χ4n) is 2.12. The van der Waals surface area contributed by atoms with Gasteiger partial charge in [-0.1, -0.05) is 42.5 Å². The van der Waals surface area contributed by atoms with Gasteiger partial charge in [-0.05, 0) is 36.6 Å². The monoisotopic (exact) mass is 292 g/mol. The summed E-state index contributed by atoms with van der Waals surface area (Å²) < 4.78 is 0. The number of aryl methyl sites for hydroxylation is 2. The van der Waals surface area contributed by atoms with Crippen molar-refractivity contribution in [2.24, 2.45) is 0 Å². The molecule has 0 aliphatic carbocycles. The highest BCUT2D eigenvalue weighted by molar-refractivity contribution is 6.43. The Hall–Kier alpha value is -2.93. The van der Waals surface area contributed by atoms with E-state index in [2.05, 4.69) is 5.32 Å². The average molecular weight is 292 g/mol. The summed E-state index contributed by atoms with van der Waals surface area (Å²) in [6.45, 7) is 3.75. The summed E-state index contributed by atoms with van der Waals surface area (Å²) >= 11 is 0. The molecular formula is C18H16N2O2. The van der Waals surface area contributed by atoms with Crippen molar-refractivity contribution in [3.05, 3.63) is 65.2 Å². The van der Waals surface area contributed by atoms with Crippen LogP contribution in [0.5, 0.6) is 0 Å². The normalized spacial score (nSPS) is 11.3. The van der Waals surface area contributed by atoms with Crippen LogP contribution in [0.25, 0.3) is 0 Å². The lowest BCUT2D eigenvalue weighted by Crippen LogP contribution is -2.28. The molecule has 0 aliphatic rings. The third kappa shape index (κ3) is 3.39. The van der Waals surface area contributed by atoms with Crippen LogP contribution in [-0.4, -0.2) is 11.7 Å². The molecule has 0 radical (unpaired) electrons. The quantitative estimate of drug-likeness (QED) is 0.880. The zero-order valence-corrected chi connectivity index (χ0v) is 12.5. The Morgan fingerprint density at radius 1 is 1.09 bits per heavy atom. The van der Waals surface area contributed by atoms with Gasteiger partial charge in [0.1, 0.15) is 5.92 Å². The number of ketones is 1. The largest absolute Gasteiger partial charge is 0.319 e. The standard InChI is InChI=1S/C18H16N2O2/c1-12-8-9-13(2)16(10-12)20-18(22)17(21)15(11-19)14-6-4-3-5-7-14/h3-10,15H,1-2H3,(H,20,22). The third-order valence-electron chi connectivity index (χ3n) is 3.39. The van der Waals surface area contributed by atoms with Gasteiger partial charge in [0, 0.05) is 5.69 Å². The number of hydrogen-bond donors (Lipinski definition) is 1. The first-order valence-corrected chi connectivity index (χ1v) is 6.90. The fraction of sp³-hybridized carbons (Fsp3) is 0.167. The van der Waals surface area contributed by atoms with Crippen LogP contribution in [0.15, 0.2) is 48.5 Å². The van der Waals surface area contributed by atoms with E-state index in [9.17, 15) is 14.9 Å². The topological polar surface area (TPSA) is 70.0 Å². The fourth-order valence-corrected chi connectivity index (χ4v) is 2.12. The second-order valence-electron chi connectivity index (χ2n) is 5.11. The summed E-state index contributed by atoms with van der Waals surface area (Å²) in [7, 11) is 0. The van der Waals surface area contributed by atoms with Crippen molar-refractivity contribution in [1.82, 2.24) is 0 Å². The van der Waals surface area contributed by atoms with Gasteiger partial charge >= 0.3 is 0 Å². The predicted octanol–water partition coefficient (Wildman–Crippen LogP) is 3.12. The molecule has 0 fully saturated rings. The van der Waals surface area contributed by atoms with Crippen LogP contribution in [0.2, 0.25) is 0 Å². The van der Waals surface area contributed by atoms with Crippen LogP contribution in [0.4, 0.5) is 5.69 Å². The summed E-state index contributed by atoms with van der Waals surface area (Å²) in [6.07, 6.45) is 0. The summed E-state index contributed by atoms with van der Waals surface area (Å²) in [6, 6.07) is 16.1. The molecular weight excluding hydrogens is 276 g/mol. The highest BCUT2D eigenvalue weighted by Gasteiger charge is 2.27. The van der Waals surface area contributed by atoms with E-state index < -0.39 is 17.6 Å². The molecule has 0 spiro atoms. The molecule has 0 heterocycles. The third-order valence-corrected chi connectivity index (χ3v) is 3.39. The first kappa shape index (κ1) is 15.5. The second-order valence-corrected chi connectivity index (χ2v) is 5.11. The van der Waals surface area contributed by atoms with Crippen molar-refractivity contribution in [2.45, 2.75) is 19.8 Å². The Labute approximate surface area is 129 Å². The number of Topliss-reactive ketones (excluding diaryl/α,β-unsaturated/α-hetero) is 1. The minimum atomic E-state index is -1.09. The van der Waals surface area contributed by atoms with Crippen molar-refractivity contribution < 1.29 is 9.59 Å². The minimum Gasteiger partial charge on any atom is -0.319 e. The Kier molecular flexibility index (Phi) is 4.70. The van der Waals surface area contributed by atoms with Gasteiger partial charge in [0.05, 0.1) is 6.07 Å². The Bertz CT molecular complexity index is 745. The number of nitrogens with one attached hydrogen (secondary N) is 1. The maximum atomic E-state index is 12.2. The molecule has 22 heavy (non-hydrogen) atoms. The van der Waals surface area contributed by atoms with Crippen LogP contribution >= 0.6 is 0 Å². The van der Waals surface area contributed by atoms with Crippen LogP contribution in [-0.2, 0) is 9.59 Å². The molecule has 2 rings (SSSR count). The van der Waals surface area contributed by atoms with Gasteiger partial charge in [-0.2, -0.15) is 5.26 Å². The van der Waals surface area contributed by atoms with Gasteiger partial charge in [-0.3, -0.25) is 9.59 Å². The molecule has 2 aromatic carbocycles. The number of benzene rings is 2. The van der Waals surface area contributed by atoms with Crippen LogP contribution in [0.1, 0.15) is 22.6 Å². The molecule has 1 unspecified atom stereocenters. The molecule has 0 aromatic heterocycles. The van der Waals surface area contributed by atoms with Crippen molar-refractivity contribution in [3.8, 4) is 6.07 Å². The summed E-state index contributed by atoms with van der Waals surface area (Å²) in [5, 5.41) is 11.8.